The van der Waals surface area contributed by atoms with Crippen LogP contribution in [-0.4, -0.2) is 39.7 Å². The van der Waals surface area contributed by atoms with E-state index < -0.39 is 0 Å². The minimum Gasteiger partial charge on any atom is -0.465 e. The van der Waals surface area contributed by atoms with Gasteiger partial charge in [0.1, 0.15) is 9.86 Å². The predicted octanol–water partition coefficient (Wildman–Crippen LogP) is 5.09. The molecule has 8 heteroatoms. The van der Waals surface area contributed by atoms with Gasteiger partial charge in [-0.2, -0.15) is 0 Å². The average molecular weight is 427 g/mol. The number of thiophene rings is 1. The number of rotatable bonds is 8. The van der Waals surface area contributed by atoms with E-state index in [1.165, 1.54) is 22.2 Å². The summed E-state index contributed by atoms with van der Waals surface area (Å²) in [5.41, 5.74) is 1.14. The van der Waals surface area contributed by atoms with Crippen LogP contribution in [0.4, 0.5) is 0 Å². The van der Waals surface area contributed by atoms with Crippen molar-refractivity contribution in [3.63, 3.8) is 0 Å². The van der Waals surface area contributed by atoms with Gasteiger partial charge in [0.15, 0.2) is 5.16 Å². The van der Waals surface area contributed by atoms with Crippen molar-refractivity contribution >= 4 is 51.0 Å². The normalized spacial score (nSPS) is 19.3. The maximum Gasteiger partial charge on any atom is 0.316 e. The Bertz CT molecular complexity index is 824. The highest BCUT2D eigenvalue weighted by Crippen LogP contribution is 2.43. The van der Waals surface area contributed by atoms with Gasteiger partial charge in [0.05, 0.1) is 24.6 Å². The molecule has 0 bridgehead atoms. The molecule has 1 unspecified atom stereocenters. The molecule has 2 aromatic rings. The van der Waals surface area contributed by atoms with Gasteiger partial charge in [-0.15, -0.1) is 11.3 Å². The standard InChI is InChI=1S/C19H26N2O3S3/c1-5-8-25-18-20-16(26-11-14(22)23-7-3)15-12-9-19(4,6-2)24-10-13(12)27-17(15)21-18/h5-11H2,1-4H3. The van der Waals surface area contributed by atoms with Crippen LogP contribution in [0.2, 0.25) is 0 Å². The zero-order chi connectivity index (χ0) is 19.4. The zero-order valence-electron chi connectivity index (χ0n) is 16.3. The van der Waals surface area contributed by atoms with Crippen molar-refractivity contribution in [3.05, 3.63) is 10.4 Å². The monoisotopic (exact) mass is 426 g/mol. The molecule has 3 heterocycles. The van der Waals surface area contributed by atoms with Crippen LogP contribution in [0.5, 0.6) is 0 Å². The zero-order valence-corrected chi connectivity index (χ0v) is 18.7. The molecule has 0 aliphatic carbocycles. The van der Waals surface area contributed by atoms with Crippen LogP contribution in [0.15, 0.2) is 10.2 Å². The summed E-state index contributed by atoms with van der Waals surface area (Å²) in [6.07, 6.45) is 2.89. The number of carbonyl (C=O) groups is 1. The molecular weight excluding hydrogens is 400 g/mol. The lowest BCUT2D eigenvalue weighted by Gasteiger charge is -2.33. The number of carbonyl (C=O) groups excluding carboxylic acids is 1. The third-order valence-electron chi connectivity index (χ3n) is 4.60. The molecule has 148 valence electrons. The third-order valence-corrected chi connectivity index (χ3v) is 7.70. The molecule has 0 saturated carbocycles. The summed E-state index contributed by atoms with van der Waals surface area (Å²) >= 11 is 4.82. The molecule has 1 aliphatic rings. The summed E-state index contributed by atoms with van der Waals surface area (Å²) < 4.78 is 11.2. The number of esters is 1. The molecule has 0 saturated heterocycles. The lowest BCUT2D eigenvalue weighted by atomic mass is 9.90. The van der Waals surface area contributed by atoms with Gasteiger partial charge in [-0.05, 0) is 32.3 Å². The SMILES string of the molecule is CCCSc1nc(SCC(=O)OCC)c2c3c(sc2n1)COC(C)(CC)C3. The van der Waals surface area contributed by atoms with Gasteiger partial charge < -0.3 is 9.47 Å². The van der Waals surface area contributed by atoms with Crippen LogP contribution in [0.25, 0.3) is 10.2 Å². The Balaban J connectivity index is 2.00. The number of thioether (sulfide) groups is 2. The molecule has 1 atom stereocenters. The number of aromatic nitrogens is 2. The van der Waals surface area contributed by atoms with E-state index in [9.17, 15) is 4.79 Å². The van der Waals surface area contributed by atoms with Gasteiger partial charge in [-0.1, -0.05) is 37.4 Å². The van der Waals surface area contributed by atoms with Gasteiger partial charge in [0, 0.05) is 22.4 Å². The molecule has 0 radical (unpaired) electrons. The fraction of sp³-hybridized carbons (Fsp3) is 0.632. The number of ether oxygens (including phenoxy) is 2. The van der Waals surface area contributed by atoms with Crippen molar-refractivity contribution in [3.8, 4) is 0 Å². The van der Waals surface area contributed by atoms with Crippen molar-refractivity contribution in [1.29, 1.82) is 0 Å². The second kappa shape index (κ2) is 9.11. The molecule has 0 spiro atoms. The Morgan fingerprint density at radius 3 is 2.81 bits per heavy atom. The summed E-state index contributed by atoms with van der Waals surface area (Å²) in [5, 5.41) is 2.78. The van der Waals surface area contributed by atoms with Crippen LogP contribution in [0.1, 0.15) is 51.0 Å². The first-order valence-electron chi connectivity index (χ1n) is 9.37. The molecule has 2 aromatic heterocycles. The van der Waals surface area contributed by atoms with E-state index in [1.54, 1.807) is 23.1 Å². The Hall–Kier alpha value is -0.830. The molecule has 0 fully saturated rings. The van der Waals surface area contributed by atoms with Crippen LogP contribution in [0, 0.1) is 0 Å². The maximum absolute atomic E-state index is 11.9. The van der Waals surface area contributed by atoms with Gasteiger partial charge in [0.2, 0.25) is 0 Å². The lowest BCUT2D eigenvalue weighted by molar-refractivity contribution is -0.139. The van der Waals surface area contributed by atoms with Gasteiger partial charge in [0.25, 0.3) is 0 Å². The second-order valence-electron chi connectivity index (χ2n) is 6.71. The summed E-state index contributed by atoms with van der Waals surface area (Å²) in [4.78, 5) is 23.7. The average Bonchev–Trinajstić information content (AvgIpc) is 3.02. The first kappa shape index (κ1) is 20.9. The number of hydrogen-bond acceptors (Lipinski definition) is 8. The molecule has 1 aliphatic heterocycles. The van der Waals surface area contributed by atoms with Crippen molar-refractivity contribution in [2.75, 3.05) is 18.1 Å². The molecular formula is C19H26N2O3S3. The van der Waals surface area contributed by atoms with Crippen molar-refractivity contribution in [2.24, 2.45) is 0 Å². The molecule has 0 amide bonds. The van der Waals surface area contributed by atoms with E-state index in [4.69, 9.17) is 19.4 Å². The fourth-order valence-electron chi connectivity index (χ4n) is 2.94. The summed E-state index contributed by atoms with van der Waals surface area (Å²) in [6, 6.07) is 0. The van der Waals surface area contributed by atoms with E-state index >= 15 is 0 Å². The Morgan fingerprint density at radius 2 is 2.11 bits per heavy atom. The summed E-state index contributed by atoms with van der Waals surface area (Å²) in [6.45, 7) is 9.32. The van der Waals surface area contributed by atoms with E-state index in [0.29, 0.717) is 13.2 Å². The maximum atomic E-state index is 11.9. The van der Waals surface area contributed by atoms with Crippen molar-refractivity contribution < 1.29 is 14.3 Å². The third kappa shape index (κ3) is 4.78. The van der Waals surface area contributed by atoms with E-state index in [0.717, 1.165) is 45.4 Å². The minimum absolute atomic E-state index is 0.153. The molecule has 3 rings (SSSR count). The van der Waals surface area contributed by atoms with Crippen LogP contribution in [0.3, 0.4) is 0 Å². The van der Waals surface area contributed by atoms with Crippen molar-refractivity contribution in [2.45, 2.75) is 69.3 Å². The topological polar surface area (TPSA) is 61.3 Å². The molecule has 5 nitrogen and oxygen atoms in total. The van der Waals surface area contributed by atoms with E-state index in [1.807, 2.05) is 6.92 Å². The Kier molecular flexibility index (Phi) is 7.05. The Labute approximate surface area is 173 Å². The molecule has 0 N–H and O–H groups in total. The van der Waals surface area contributed by atoms with E-state index in [2.05, 4.69) is 20.8 Å². The predicted molar refractivity (Wildman–Crippen MR) is 113 cm³/mol. The second-order valence-corrected chi connectivity index (χ2v) is 9.82. The van der Waals surface area contributed by atoms with Crippen molar-refractivity contribution in [1.82, 2.24) is 9.97 Å². The van der Waals surface area contributed by atoms with E-state index in [-0.39, 0.29) is 17.3 Å². The highest BCUT2D eigenvalue weighted by molar-refractivity contribution is 8.00. The highest BCUT2D eigenvalue weighted by atomic mass is 32.2. The summed E-state index contributed by atoms with van der Waals surface area (Å²) in [5.74, 6) is 1.04. The lowest BCUT2D eigenvalue weighted by Crippen LogP contribution is -2.33. The van der Waals surface area contributed by atoms with Crippen LogP contribution in [-0.2, 0) is 27.3 Å². The first-order chi connectivity index (χ1) is 13.0. The first-order valence-corrected chi connectivity index (χ1v) is 12.2. The fourth-order valence-corrected chi connectivity index (χ4v) is 5.77. The number of nitrogens with zero attached hydrogens (tertiary/aromatic N) is 2. The smallest absolute Gasteiger partial charge is 0.316 e. The summed E-state index contributed by atoms with van der Waals surface area (Å²) in [7, 11) is 0. The highest BCUT2D eigenvalue weighted by Gasteiger charge is 2.33. The minimum atomic E-state index is -0.206. The van der Waals surface area contributed by atoms with Gasteiger partial charge >= 0.3 is 5.97 Å². The van der Waals surface area contributed by atoms with Gasteiger partial charge in [-0.3, -0.25) is 4.79 Å². The largest absolute Gasteiger partial charge is 0.465 e. The number of fused-ring (bicyclic) bond motifs is 3. The number of hydrogen-bond donors (Lipinski definition) is 0. The molecule has 27 heavy (non-hydrogen) atoms. The quantitative estimate of drug-likeness (QED) is 0.252. The molecule has 0 aromatic carbocycles. The van der Waals surface area contributed by atoms with Crippen LogP contribution >= 0.6 is 34.9 Å². The van der Waals surface area contributed by atoms with Crippen LogP contribution < -0.4 is 0 Å². The van der Waals surface area contributed by atoms with Gasteiger partial charge in [-0.25, -0.2) is 9.97 Å². The Morgan fingerprint density at radius 1 is 1.30 bits per heavy atom.